The van der Waals surface area contributed by atoms with E-state index in [-0.39, 0.29) is 12.1 Å². The first-order valence-corrected chi connectivity index (χ1v) is 8.93. The van der Waals surface area contributed by atoms with Crippen molar-refractivity contribution < 1.29 is 4.79 Å². The van der Waals surface area contributed by atoms with E-state index in [0.29, 0.717) is 5.92 Å². The summed E-state index contributed by atoms with van der Waals surface area (Å²) in [4.78, 5) is 13.2. The molecule has 0 aliphatic heterocycles. The van der Waals surface area contributed by atoms with Gasteiger partial charge in [-0.1, -0.05) is 12.8 Å². The predicted molar refractivity (Wildman–Crippen MR) is 88.9 cm³/mol. The summed E-state index contributed by atoms with van der Waals surface area (Å²) in [7, 11) is 0. The molecule has 1 unspecified atom stereocenters. The van der Waals surface area contributed by atoms with Gasteiger partial charge in [0, 0.05) is 21.9 Å². The average molecular weight is 304 g/mol. The zero-order chi connectivity index (χ0) is 14.7. The van der Waals surface area contributed by atoms with Crippen LogP contribution < -0.4 is 10.6 Å². The second kappa shape index (κ2) is 6.73. The molecule has 0 aromatic heterocycles. The van der Waals surface area contributed by atoms with E-state index < -0.39 is 0 Å². The first kappa shape index (κ1) is 14.8. The van der Waals surface area contributed by atoms with Crippen LogP contribution in [0.2, 0.25) is 0 Å². The third-order valence-electron chi connectivity index (χ3n) is 4.41. The average Bonchev–Trinajstić information content (AvgIpc) is 3.20. The minimum atomic E-state index is -0.0920. The first-order chi connectivity index (χ1) is 10.2. The number of carbonyl (C=O) groups is 1. The molecule has 0 spiro atoms. The Morgan fingerprint density at radius 3 is 2.43 bits per heavy atom. The van der Waals surface area contributed by atoms with Crippen LogP contribution in [0, 0.1) is 5.92 Å². The number of hydrogen-bond donors (Lipinski definition) is 2. The lowest BCUT2D eigenvalue weighted by atomic mass is 10.2. The molecule has 0 bridgehead atoms. The second-order valence-corrected chi connectivity index (χ2v) is 7.65. The lowest BCUT2D eigenvalue weighted by Gasteiger charge is -2.14. The summed E-state index contributed by atoms with van der Waals surface area (Å²) >= 11 is 1.97. The van der Waals surface area contributed by atoms with E-state index in [1.807, 2.05) is 23.9 Å². The number of hydrogen-bond acceptors (Lipinski definition) is 2. The number of rotatable bonds is 5. The smallest absolute Gasteiger partial charge is 0.319 e. The maximum atomic E-state index is 11.9. The Kier molecular flexibility index (Phi) is 4.73. The minimum absolute atomic E-state index is 0.0920. The summed E-state index contributed by atoms with van der Waals surface area (Å²) < 4.78 is 0. The predicted octanol–water partition coefficient (Wildman–Crippen LogP) is 4.64. The highest BCUT2D eigenvalue weighted by Crippen LogP contribution is 2.35. The van der Waals surface area contributed by atoms with Gasteiger partial charge in [-0.05, 0) is 62.8 Å². The van der Waals surface area contributed by atoms with E-state index in [9.17, 15) is 4.79 Å². The Morgan fingerprint density at radius 1 is 1.14 bits per heavy atom. The molecule has 0 saturated heterocycles. The van der Waals surface area contributed by atoms with Gasteiger partial charge >= 0.3 is 6.03 Å². The van der Waals surface area contributed by atoms with Crippen molar-refractivity contribution >= 4 is 23.5 Å². The van der Waals surface area contributed by atoms with Gasteiger partial charge in [0.15, 0.2) is 0 Å². The Labute approximate surface area is 131 Å². The summed E-state index contributed by atoms with van der Waals surface area (Å²) in [5, 5.41) is 6.71. The zero-order valence-corrected chi connectivity index (χ0v) is 13.4. The number of amides is 2. The summed E-state index contributed by atoms with van der Waals surface area (Å²) in [6.07, 6.45) is 7.91. The van der Waals surface area contributed by atoms with Crippen LogP contribution in [-0.4, -0.2) is 17.3 Å². The molecular weight excluding hydrogens is 280 g/mol. The van der Waals surface area contributed by atoms with Crippen molar-refractivity contribution in [2.45, 2.75) is 61.6 Å². The summed E-state index contributed by atoms with van der Waals surface area (Å²) in [6, 6.07) is 8.41. The third kappa shape index (κ3) is 4.40. The normalized spacial score (nSPS) is 20.2. The van der Waals surface area contributed by atoms with Gasteiger partial charge in [-0.15, -0.1) is 11.8 Å². The van der Waals surface area contributed by atoms with Crippen LogP contribution >= 0.6 is 11.8 Å². The SMILES string of the molecule is CC(NC(=O)Nc1ccc(SC2CCCC2)cc1)C1CC1. The fraction of sp³-hybridized carbons (Fsp3) is 0.588. The molecule has 2 N–H and O–H groups in total. The van der Waals surface area contributed by atoms with Gasteiger partial charge in [-0.2, -0.15) is 0 Å². The number of urea groups is 1. The van der Waals surface area contributed by atoms with Crippen molar-refractivity contribution in [2.24, 2.45) is 5.92 Å². The molecule has 0 heterocycles. The lowest BCUT2D eigenvalue weighted by Crippen LogP contribution is -2.37. The topological polar surface area (TPSA) is 41.1 Å². The molecule has 2 fully saturated rings. The maximum absolute atomic E-state index is 11.9. The molecule has 21 heavy (non-hydrogen) atoms. The van der Waals surface area contributed by atoms with Gasteiger partial charge in [0.1, 0.15) is 0 Å². The summed E-state index contributed by atoms with van der Waals surface area (Å²) in [5.74, 6) is 0.681. The maximum Gasteiger partial charge on any atom is 0.319 e. The summed E-state index contributed by atoms with van der Waals surface area (Å²) in [6.45, 7) is 2.08. The van der Waals surface area contributed by atoms with Crippen LogP contribution in [0.4, 0.5) is 10.5 Å². The van der Waals surface area contributed by atoms with Crippen LogP contribution in [0.25, 0.3) is 0 Å². The van der Waals surface area contributed by atoms with Crippen molar-refractivity contribution in [3.05, 3.63) is 24.3 Å². The van der Waals surface area contributed by atoms with Crippen molar-refractivity contribution in [3.8, 4) is 0 Å². The van der Waals surface area contributed by atoms with Gasteiger partial charge in [-0.25, -0.2) is 4.79 Å². The molecule has 4 heteroatoms. The first-order valence-electron chi connectivity index (χ1n) is 8.05. The molecule has 1 atom stereocenters. The lowest BCUT2D eigenvalue weighted by molar-refractivity contribution is 0.248. The van der Waals surface area contributed by atoms with E-state index in [1.165, 1.54) is 43.4 Å². The highest BCUT2D eigenvalue weighted by atomic mass is 32.2. The summed E-state index contributed by atoms with van der Waals surface area (Å²) in [5.41, 5.74) is 0.867. The van der Waals surface area contributed by atoms with E-state index >= 15 is 0 Å². The van der Waals surface area contributed by atoms with Gasteiger partial charge in [0.05, 0.1) is 0 Å². The van der Waals surface area contributed by atoms with E-state index in [4.69, 9.17) is 0 Å². The highest BCUT2D eigenvalue weighted by molar-refractivity contribution is 8.00. The minimum Gasteiger partial charge on any atom is -0.335 e. The Morgan fingerprint density at radius 2 is 1.81 bits per heavy atom. The van der Waals surface area contributed by atoms with Crippen molar-refractivity contribution in [1.29, 1.82) is 0 Å². The number of thioether (sulfide) groups is 1. The number of nitrogens with one attached hydrogen (secondary N) is 2. The number of anilines is 1. The molecule has 2 saturated carbocycles. The van der Waals surface area contributed by atoms with Crippen LogP contribution in [0.5, 0.6) is 0 Å². The van der Waals surface area contributed by atoms with E-state index in [1.54, 1.807) is 0 Å². The number of carbonyl (C=O) groups excluding carboxylic acids is 1. The quantitative estimate of drug-likeness (QED) is 0.832. The van der Waals surface area contributed by atoms with Gasteiger partial charge in [0.25, 0.3) is 0 Å². The molecule has 114 valence electrons. The van der Waals surface area contributed by atoms with Crippen molar-refractivity contribution in [3.63, 3.8) is 0 Å². The van der Waals surface area contributed by atoms with Gasteiger partial charge < -0.3 is 10.6 Å². The Hall–Kier alpha value is -1.16. The molecule has 2 amide bonds. The molecule has 2 aliphatic carbocycles. The van der Waals surface area contributed by atoms with Gasteiger partial charge in [-0.3, -0.25) is 0 Å². The largest absolute Gasteiger partial charge is 0.335 e. The fourth-order valence-corrected chi connectivity index (χ4v) is 4.15. The zero-order valence-electron chi connectivity index (χ0n) is 12.6. The monoisotopic (exact) mass is 304 g/mol. The number of benzene rings is 1. The third-order valence-corrected chi connectivity index (χ3v) is 5.75. The van der Waals surface area contributed by atoms with Crippen molar-refractivity contribution in [2.75, 3.05) is 5.32 Å². The van der Waals surface area contributed by atoms with E-state index in [2.05, 4.69) is 29.7 Å². The van der Waals surface area contributed by atoms with Crippen molar-refractivity contribution in [1.82, 2.24) is 5.32 Å². The van der Waals surface area contributed by atoms with E-state index in [0.717, 1.165) is 10.9 Å². The molecular formula is C17H24N2OS. The fourth-order valence-electron chi connectivity index (χ4n) is 2.90. The molecule has 1 aromatic rings. The van der Waals surface area contributed by atoms with Crippen LogP contribution in [0.3, 0.4) is 0 Å². The highest BCUT2D eigenvalue weighted by Gasteiger charge is 2.28. The molecule has 1 aromatic carbocycles. The Balaban J connectivity index is 1.47. The second-order valence-electron chi connectivity index (χ2n) is 6.27. The standard InChI is InChI=1S/C17H24N2OS/c1-12(13-6-7-13)18-17(20)19-14-8-10-16(11-9-14)21-15-4-2-3-5-15/h8-13,15H,2-7H2,1H3,(H2,18,19,20). The molecule has 3 nitrogen and oxygen atoms in total. The molecule has 0 radical (unpaired) electrons. The van der Waals surface area contributed by atoms with Crippen LogP contribution in [0.15, 0.2) is 29.2 Å². The van der Waals surface area contributed by atoms with Crippen LogP contribution in [0.1, 0.15) is 45.4 Å². The Bertz CT molecular complexity index is 478. The van der Waals surface area contributed by atoms with Crippen LogP contribution in [-0.2, 0) is 0 Å². The molecule has 2 aliphatic rings. The molecule has 3 rings (SSSR count). The van der Waals surface area contributed by atoms with Gasteiger partial charge in [0.2, 0.25) is 0 Å².